The lowest BCUT2D eigenvalue weighted by Crippen LogP contribution is -2.39. The summed E-state index contributed by atoms with van der Waals surface area (Å²) in [6.45, 7) is 3.92. The number of nitrogens with one attached hydrogen (secondary N) is 1. The highest BCUT2D eigenvalue weighted by Crippen LogP contribution is 2.08. The van der Waals surface area contributed by atoms with Crippen LogP contribution in [0.3, 0.4) is 0 Å². The summed E-state index contributed by atoms with van der Waals surface area (Å²) in [7, 11) is 0. The van der Waals surface area contributed by atoms with E-state index in [9.17, 15) is 9.59 Å². The zero-order chi connectivity index (χ0) is 12.0. The van der Waals surface area contributed by atoms with Gasteiger partial charge in [-0.25, -0.2) is 4.79 Å². The Hall–Kier alpha value is -1.36. The summed E-state index contributed by atoms with van der Waals surface area (Å²) in [6, 6.07) is 2.89. The number of thiophene rings is 1. The van der Waals surface area contributed by atoms with Crippen molar-refractivity contribution in [2.45, 2.75) is 26.3 Å². The second-order valence-corrected chi connectivity index (χ2v) is 4.29. The fourth-order valence-corrected chi connectivity index (χ4v) is 1.69. The molecule has 1 atom stereocenters. The fraction of sp³-hybridized carbons (Fsp3) is 0.455. The molecule has 1 aromatic heterocycles. The molecule has 4 nitrogen and oxygen atoms in total. The van der Waals surface area contributed by atoms with Crippen molar-refractivity contribution in [2.24, 2.45) is 0 Å². The summed E-state index contributed by atoms with van der Waals surface area (Å²) in [5, 5.41) is 4.40. The van der Waals surface area contributed by atoms with Gasteiger partial charge in [-0.15, -0.1) is 11.3 Å². The molecule has 0 aliphatic carbocycles. The molecule has 1 N–H and O–H groups in total. The van der Waals surface area contributed by atoms with Crippen LogP contribution in [0.2, 0.25) is 0 Å². The summed E-state index contributed by atoms with van der Waals surface area (Å²) in [5.74, 6) is -0.636. The second kappa shape index (κ2) is 6.27. The molecule has 1 amide bonds. The predicted octanol–water partition coefficient (Wildman–Crippen LogP) is 1.82. The molecule has 0 radical (unpaired) electrons. The van der Waals surface area contributed by atoms with Crippen molar-refractivity contribution in [1.82, 2.24) is 5.32 Å². The molecule has 5 heteroatoms. The zero-order valence-electron chi connectivity index (χ0n) is 9.36. The van der Waals surface area contributed by atoms with Gasteiger partial charge in [0.25, 0.3) is 5.91 Å². The van der Waals surface area contributed by atoms with Gasteiger partial charge in [-0.2, -0.15) is 0 Å². The monoisotopic (exact) mass is 241 g/mol. The van der Waals surface area contributed by atoms with Crippen LogP contribution in [0.5, 0.6) is 0 Å². The van der Waals surface area contributed by atoms with Crippen molar-refractivity contribution in [1.29, 1.82) is 0 Å². The Balaban J connectivity index is 2.42. The molecule has 0 saturated carbocycles. The summed E-state index contributed by atoms with van der Waals surface area (Å²) in [4.78, 5) is 23.6. The minimum absolute atomic E-state index is 0.240. The van der Waals surface area contributed by atoms with Crippen LogP contribution in [0.15, 0.2) is 17.5 Å². The van der Waals surface area contributed by atoms with E-state index >= 15 is 0 Å². The first-order chi connectivity index (χ1) is 7.65. The van der Waals surface area contributed by atoms with Crippen LogP contribution in [0.4, 0.5) is 0 Å². The summed E-state index contributed by atoms with van der Waals surface area (Å²) in [6.07, 6.45) is 0.775. The third kappa shape index (κ3) is 3.66. The van der Waals surface area contributed by atoms with Gasteiger partial charge in [0.05, 0.1) is 11.5 Å². The minimum Gasteiger partial charge on any atom is -0.464 e. The second-order valence-electron chi connectivity index (χ2n) is 3.34. The number of rotatable bonds is 5. The van der Waals surface area contributed by atoms with Gasteiger partial charge >= 0.3 is 5.97 Å². The van der Waals surface area contributed by atoms with Crippen LogP contribution in [-0.2, 0) is 9.53 Å². The molecule has 16 heavy (non-hydrogen) atoms. The molecular weight excluding hydrogens is 226 g/mol. The number of carbonyl (C=O) groups is 2. The van der Waals surface area contributed by atoms with Gasteiger partial charge in [0.1, 0.15) is 6.04 Å². The van der Waals surface area contributed by atoms with Crippen LogP contribution >= 0.6 is 11.3 Å². The van der Waals surface area contributed by atoms with Gasteiger partial charge in [0, 0.05) is 0 Å². The van der Waals surface area contributed by atoms with E-state index < -0.39 is 12.0 Å². The molecule has 0 aliphatic rings. The zero-order valence-corrected chi connectivity index (χ0v) is 10.2. The Morgan fingerprint density at radius 2 is 2.31 bits per heavy atom. The average Bonchev–Trinajstić information content (AvgIpc) is 2.79. The molecule has 1 aromatic rings. The maximum absolute atomic E-state index is 11.6. The first-order valence-electron chi connectivity index (χ1n) is 5.16. The Morgan fingerprint density at radius 1 is 1.56 bits per heavy atom. The van der Waals surface area contributed by atoms with Crippen molar-refractivity contribution in [3.8, 4) is 0 Å². The SMILES string of the molecule is CCCOC(=O)C(C)NC(=O)c1cccs1. The van der Waals surface area contributed by atoms with Crippen molar-refractivity contribution >= 4 is 23.2 Å². The molecule has 1 heterocycles. The summed E-state index contributed by atoms with van der Waals surface area (Å²) < 4.78 is 4.92. The van der Waals surface area contributed by atoms with Crippen LogP contribution in [0.25, 0.3) is 0 Å². The van der Waals surface area contributed by atoms with E-state index in [1.807, 2.05) is 12.3 Å². The Bertz CT molecular complexity index is 348. The maximum atomic E-state index is 11.6. The first-order valence-corrected chi connectivity index (χ1v) is 6.04. The topological polar surface area (TPSA) is 55.4 Å². The van der Waals surface area contributed by atoms with E-state index in [-0.39, 0.29) is 5.91 Å². The number of amides is 1. The normalized spacial score (nSPS) is 11.9. The molecule has 0 bridgehead atoms. The van der Waals surface area contributed by atoms with E-state index in [2.05, 4.69) is 5.32 Å². The third-order valence-electron chi connectivity index (χ3n) is 1.89. The number of esters is 1. The molecule has 1 rings (SSSR count). The number of hydrogen-bond donors (Lipinski definition) is 1. The highest BCUT2D eigenvalue weighted by atomic mass is 32.1. The molecule has 0 saturated heterocycles. The molecule has 88 valence electrons. The maximum Gasteiger partial charge on any atom is 0.328 e. The highest BCUT2D eigenvalue weighted by Gasteiger charge is 2.17. The molecule has 0 spiro atoms. The van der Waals surface area contributed by atoms with Gasteiger partial charge < -0.3 is 10.1 Å². The lowest BCUT2D eigenvalue weighted by molar-refractivity contribution is -0.145. The highest BCUT2D eigenvalue weighted by molar-refractivity contribution is 7.12. The third-order valence-corrected chi connectivity index (χ3v) is 2.76. The summed E-state index contributed by atoms with van der Waals surface area (Å²) in [5.41, 5.74) is 0. The van der Waals surface area contributed by atoms with Gasteiger partial charge in [-0.05, 0) is 24.8 Å². The number of ether oxygens (including phenoxy) is 1. The number of hydrogen-bond acceptors (Lipinski definition) is 4. The van der Waals surface area contributed by atoms with Crippen LogP contribution in [-0.4, -0.2) is 24.5 Å². The molecule has 1 unspecified atom stereocenters. The first kappa shape index (κ1) is 12.7. The summed E-state index contributed by atoms with van der Waals surface area (Å²) >= 11 is 1.34. The quantitative estimate of drug-likeness (QED) is 0.800. The van der Waals surface area contributed by atoms with Crippen LogP contribution < -0.4 is 5.32 Å². The standard InChI is InChI=1S/C11H15NO3S/c1-3-6-15-11(14)8(2)12-10(13)9-5-4-7-16-9/h4-5,7-8H,3,6H2,1-2H3,(H,12,13). The largest absolute Gasteiger partial charge is 0.464 e. The fourth-order valence-electron chi connectivity index (χ4n) is 1.06. The van der Waals surface area contributed by atoms with Crippen molar-refractivity contribution < 1.29 is 14.3 Å². The Labute approximate surface area is 98.6 Å². The van der Waals surface area contributed by atoms with E-state index in [0.29, 0.717) is 11.5 Å². The molecule has 0 aromatic carbocycles. The smallest absolute Gasteiger partial charge is 0.328 e. The van der Waals surface area contributed by atoms with Crippen molar-refractivity contribution in [3.05, 3.63) is 22.4 Å². The lowest BCUT2D eigenvalue weighted by atomic mass is 10.3. The van der Waals surface area contributed by atoms with E-state index in [0.717, 1.165) is 6.42 Å². The van der Waals surface area contributed by atoms with Crippen LogP contribution in [0, 0.1) is 0 Å². The Kier molecular flexibility index (Phi) is 4.98. The van der Waals surface area contributed by atoms with E-state index in [4.69, 9.17) is 4.74 Å². The molecular formula is C11H15NO3S. The van der Waals surface area contributed by atoms with E-state index in [1.54, 1.807) is 19.1 Å². The number of carbonyl (C=O) groups excluding carboxylic acids is 2. The van der Waals surface area contributed by atoms with Crippen molar-refractivity contribution in [2.75, 3.05) is 6.61 Å². The van der Waals surface area contributed by atoms with Crippen LogP contribution in [0.1, 0.15) is 29.9 Å². The van der Waals surface area contributed by atoms with Gasteiger partial charge in [-0.3, -0.25) is 4.79 Å². The van der Waals surface area contributed by atoms with Gasteiger partial charge in [0.15, 0.2) is 0 Å². The lowest BCUT2D eigenvalue weighted by Gasteiger charge is -2.12. The Morgan fingerprint density at radius 3 is 2.88 bits per heavy atom. The molecule has 0 fully saturated rings. The van der Waals surface area contributed by atoms with Gasteiger partial charge in [0.2, 0.25) is 0 Å². The molecule has 0 aliphatic heterocycles. The van der Waals surface area contributed by atoms with Crippen molar-refractivity contribution in [3.63, 3.8) is 0 Å². The van der Waals surface area contributed by atoms with Gasteiger partial charge in [-0.1, -0.05) is 13.0 Å². The predicted molar refractivity (Wildman–Crippen MR) is 62.5 cm³/mol. The minimum atomic E-state index is -0.610. The average molecular weight is 241 g/mol. The van der Waals surface area contributed by atoms with E-state index in [1.165, 1.54) is 11.3 Å².